The molecule has 4 aliphatic carbocycles. The van der Waals surface area contributed by atoms with Crippen molar-refractivity contribution in [2.24, 2.45) is 34.5 Å². The van der Waals surface area contributed by atoms with Crippen molar-refractivity contribution in [3.63, 3.8) is 0 Å². The van der Waals surface area contributed by atoms with Crippen LogP contribution >= 0.6 is 0 Å². The van der Waals surface area contributed by atoms with E-state index < -0.39 is 0 Å². The summed E-state index contributed by atoms with van der Waals surface area (Å²) in [5, 5.41) is 0. The van der Waals surface area contributed by atoms with E-state index in [4.69, 9.17) is 9.47 Å². The molecule has 0 unspecified atom stereocenters. The minimum atomic E-state index is -0.150. The maximum atomic E-state index is 12.3. The topological polar surface area (TPSA) is 42.0 Å². The zero-order chi connectivity index (χ0) is 27.4. The highest BCUT2D eigenvalue weighted by Crippen LogP contribution is 2.67. The van der Waals surface area contributed by atoms with Crippen molar-refractivity contribution in [3.05, 3.63) is 35.4 Å². The van der Waals surface area contributed by atoms with E-state index in [1.165, 1.54) is 82.3 Å². The molecule has 39 heavy (non-hydrogen) atoms. The number of carbonyl (C=O) groups excluding carboxylic acids is 1. The lowest BCUT2D eigenvalue weighted by Crippen LogP contribution is -2.57. The van der Waals surface area contributed by atoms with E-state index in [1.54, 1.807) is 14.0 Å². The maximum Gasteiger partial charge on any atom is 0.303 e. The molecule has 6 rings (SSSR count). The van der Waals surface area contributed by atoms with Crippen LogP contribution < -0.4 is 4.74 Å². The highest BCUT2D eigenvalue weighted by molar-refractivity contribution is 5.67. The Morgan fingerprint density at radius 1 is 0.949 bits per heavy atom. The molecule has 1 aliphatic heterocycles. The molecule has 0 aromatic heterocycles. The highest BCUT2D eigenvalue weighted by atomic mass is 16.5. The molecule has 214 valence electrons. The van der Waals surface area contributed by atoms with Crippen LogP contribution in [0.25, 0.3) is 6.08 Å². The molecule has 5 aliphatic rings. The van der Waals surface area contributed by atoms with Gasteiger partial charge < -0.3 is 14.4 Å². The lowest BCUT2D eigenvalue weighted by molar-refractivity contribution is -0.160. The largest absolute Gasteiger partial charge is 0.497 e. The standard InChI is InChI=1S/C34H50N2O3/c1-23(37)39-32-25(20-24-6-9-28(38-5)10-7-24)21-31-29-11-8-26-22-27(36-18-16-35(4)17-19-36)12-14-33(26,2)30(29)13-15-34(31,32)3/h6-7,9-10,20,26-27,29-32H,8,11-19,21-22H2,1-5H3/b25-20+/t26-,27-,29+,30-,31-,32-,33-,34-/m0/s1. The minimum Gasteiger partial charge on any atom is -0.497 e. The summed E-state index contributed by atoms with van der Waals surface area (Å²) in [6, 6.07) is 9.08. The third kappa shape index (κ3) is 4.86. The second-order valence-corrected chi connectivity index (χ2v) is 14.2. The van der Waals surface area contributed by atoms with E-state index in [2.05, 4.69) is 48.9 Å². The smallest absolute Gasteiger partial charge is 0.303 e. The Morgan fingerprint density at radius 2 is 1.67 bits per heavy atom. The van der Waals surface area contributed by atoms with Gasteiger partial charge in [-0.3, -0.25) is 9.69 Å². The number of ether oxygens (including phenoxy) is 2. The molecule has 5 heteroatoms. The van der Waals surface area contributed by atoms with Crippen molar-refractivity contribution >= 4 is 12.0 Å². The number of esters is 1. The summed E-state index contributed by atoms with van der Waals surface area (Å²) in [5.41, 5.74) is 2.98. The van der Waals surface area contributed by atoms with Crippen LogP contribution in [0.4, 0.5) is 0 Å². The Morgan fingerprint density at radius 3 is 2.36 bits per heavy atom. The predicted octanol–water partition coefficient (Wildman–Crippen LogP) is 6.28. The van der Waals surface area contributed by atoms with Gasteiger partial charge in [0.05, 0.1) is 7.11 Å². The molecule has 8 atom stereocenters. The van der Waals surface area contributed by atoms with Gasteiger partial charge in [-0.2, -0.15) is 0 Å². The molecule has 0 radical (unpaired) electrons. The molecule has 1 saturated heterocycles. The molecule has 0 bridgehead atoms. The van der Waals surface area contributed by atoms with Crippen molar-refractivity contribution in [3.8, 4) is 5.75 Å². The van der Waals surface area contributed by atoms with Crippen molar-refractivity contribution < 1.29 is 14.3 Å². The van der Waals surface area contributed by atoms with Gasteiger partial charge in [0.1, 0.15) is 11.9 Å². The van der Waals surface area contributed by atoms with E-state index in [9.17, 15) is 4.79 Å². The quantitative estimate of drug-likeness (QED) is 0.426. The van der Waals surface area contributed by atoms with Gasteiger partial charge in [-0.1, -0.05) is 32.1 Å². The van der Waals surface area contributed by atoms with Crippen molar-refractivity contribution in [1.82, 2.24) is 9.80 Å². The average molecular weight is 535 g/mol. The molecule has 1 aromatic carbocycles. The highest BCUT2D eigenvalue weighted by Gasteiger charge is 2.62. The number of likely N-dealkylation sites (N-methyl/N-ethyl adjacent to an activating group) is 1. The fourth-order valence-corrected chi connectivity index (χ4v) is 10.0. The van der Waals surface area contributed by atoms with E-state index in [-0.39, 0.29) is 17.5 Å². The first kappa shape index (κ1) is 27.3. The number of benzene rings is 1. The Hall–Kier alpha value is -1.85. The lowest BCUT2D eigenvalue weighted by Gasteiger charge is -2.61. The number of hydrogen-bond donors (Lipinski definition) is 0. The number of nitrogens with zero attached hydrogens (tertiary/aromatic N) is 2. The van der Waals surface area contributed by atoms with Crippen LogP contribution in [0.15, 0.2) is 29.8 Å². The lowest BCUT2D eigenvalue weighted by atomic mass is 9.45. The number of rotatable bonds is 4. The predicted molar refractivity (Wildman–Crippen MR) is 156 cm³/mol. The molecule has 1 aromatic rings. The summed E-state index contributed by atoms with van der Waals surface area (Å²) in [7, 11) is 3.97. The second kappa shape index (κ2) is 10.5. The van der Waals surface area contributed by atoms with Crippen molar-refractivity contribution in [2.45, 2.75) is 84.3 Å². The molecule has 0 N–H and O–H groups in total. The Bertz CT molecular complexity index is 1080. The average Bonchev–Trinajstić information content (AvgIpc) is 3.19. The van der Waals surface area contributed by atoms with Gasteiger partial charge in [0, 0.05) is 44.6 Å². The first-order chi connectivity index (χ1) is 18.7. The van der Waals surface area contributed by atoms with Crippen LogP contribution in [0.5, 0.6) is 5.75 Å². The fourth-order valence-electron chi connectivity index (χ4n) is 10.0. The van der Waals surface area contributed by atoms with Crippen LogP contribution in [0.2, 0.25) is 0 Å². The Labute approximate surface area is 236 Å². The van der Waals surface area contributed by atoms with Gasteiger partial charge in [-0.15, -0.1) is 0 Å². The zero-order valence-electron chi connectivity index (χ0n) is 25.0. The third-order valence-electron chi connectivity index (χ3n) is 12.3. The summed E-state index contributed by atoms with van der Waals surface area (Å²) >= 11 is 0. The summed E-state index contributed by atoms with van der Waals surface area (Å²) in [4.78, 5) is 17.6. The van der Waals surface area contributed by atoms with E-state index in [1.807, 2.05) is 12.1 Å². The van der Waals surface area contributed by atoms with Crippen LogP contribution in [-0.4, -0.2) is 68.3 Å². The van der Waals surface area contributed by atoms with Crippen LogP contribution in [0.3, 0.4) is 0 Å². The van der Waals surface area contributed by atoms with E-state index in [0.29, 0.717) is 11.3 Å². The van der Waals surface area contributed by atoms with Crippen LogP contribution in [0, 0.1) is 34.5 Å². The van der Waals surface area contributed by atoms with Gasteiger partial charge in [-0.25, -0.2) is 0 Å². The van der Waals surface area contributed by atoms with Crippen LogP contribution in [0.1, 0.15) is 77.7 Å². The maximum absolute atomic E-state index is 12.3. The molecule has 5 nitrogen and oxygen atoms in total. The number of methoxy groups -OCH3 is 1. The fraction of sp³-hybridized carbons (Fsp3) is 0.735. The number of hydrogen-bond acceptors (Lipinski definition) is 5. The Balaban J connectivity index is 1.23. The number of fused-ring (bicyclic) bond motifs is 5. The molecule has 5 fully saturated rings. The van der Waals surface area contributed by atoms with Crippen LogP contribution in [-0.2, 0) is 9.53 Å². The minimum absolute atomic E-state index is 0.0331. The van der Waals surface area contributed by atoms with Gasteiger partial charge in [0.2, 0.25) is 0 Å². The molecule has 4 saturated carbocycles. The SMILES string of the molecule is COc1ccc(/C=C2\C[C@H]3[C@@H]4CC[C@H]5C[C@@H](N6CCN(C)CC6)CC[C@]5(C)[C@H]4CC[C@]3(C)[C@H]2OC(C)=O)cc1. The Kier molecular flexibility index (Phi) is 7.37. The van der Waals surface area contributed by atoms with Gasteiger partial charge >= 0.3 is 5.97 Å². The van der Waals surface area contributed by atoms with Crippen molar-refractivity contribution in [2.75, 3.05) is 40.3 Å². The monoisotopic (exact) mass is 534 g/mol. The van der Waals surface area contributed by atoms with E-state index in [0.717, 1.165) is 36.0 Å². The summed E-state index contributed by atoms with van der Waals surface area (Å²) < 4.78 is 11.5. The second-order valence-electron chi connectivity index (χ2n) is 14.2. The normalized spacial score (nSPS) is 41.9. The van der Waals surface area contributed by atoms with Crippen molar-refractivity contribution in [1.29, 1.82) is 0 Å². The zero-order valence-corrected chi connectivity index (χ0v) is 25.0. The van der Waals surface area contributed by atoms with E-state index >= 15 is 0 Å². The number of piperazine rings is 1. The molecular weight excluding hydrogens is 484 g/mol. The van der Waals surface area contributed by atoms with Gasteiger partial charge in [0.15, 0.2) is 0 Å². The first-order valence-electron chi connectivity index (χ1n) is 15.7. The molecule has 0 amide bonds. The summed E-state index contributed by atoms with van der Waals surface area (Å²) in [6.07, 6.45) is 12.6. The first-order valence-corrected chi connectivity index (χ1v) is 15.7. The number of carbonyl (C=O) groups is 1. The van der Waals surface area contributed by atoms with Gasteiger partial charge in [0.25, 0.3) is 0 Å². The molecule has 0 spiro atoms. The third-order valence-corrected chi connectivity index (χ3v) is 12.3. The van der Waals surface area contributed by atoms with Gasteiger partial charge in [-0.05, 0) is 111 Å². The summed E-state index contributed by atoms with van der Waals surface area (Å²) in [6.45, 7) is 11.6. The molecule has 1 heterocycles. The molecular formula is C34H50N2O3. The summed E-state index contributed by atoms with van der Waals surface area (Å²) in [5.74, 6) is 3.73.